The van der Waals surface area contributed by atoms with Crippen molar-refractivity contribution in [1.29, 1.82) is 5.26 Å². The van der Waals surface area contributed by atoms with Crippen molar-refractivity contribution in [3.05, 3.63) is 17.8 Å². The summed E-state index contributed by atoms with van der Waals surface area (Å²) in [5.41, 5.74) is 0.969. The molecule has 0 atom stereocenters. The number of aliphatic carboxylic acids is 1. The summed E-state index contributed by atoms with van der Waals surface area (Å²) in [6, 6.07) is 6.23. The van der Waals surface area contributed by atoms with E-state index in [4.69, 9.17) is 19.9 Å². The van der Waals surface area contributed by atoms with Crippen molar-refractivity contribution in [1.82, 2.24) is 20.2 Å². The van der Waals surface area contributed by atoms with Gasteiger partial charge in [0.05, 0.1) is 13.2 Å². The van der Waals surface area contributed by atoms with Gasteiger partial charge < -0.3 is 20.5 Å². The topological polar surface area (TPSA) is 149 Å². The Balaban J connectivity index is 0.000000451. The lowest BCUT2D eigenvalue weighted by atomic mass is 9.84. The van der Waals surface area contributed by atoms with E-state index in [-0.39, 0.29) is 0 Å². The number of nitriles is 1. The Morgan fingerprint density at radius 2 is 1.94 bits per heavy atom. The lowest BCUT2D eigenvalue weighted by Crippen LogP contribution is -2.27. The maximum absolute atomic E-state index is 10.6. The molecule has 0 unspecified atom stereocenters. The van der Waals surface area contributed by atoms with Crippen LogP contribution in [-0.2, 0) is 4.79 Å². The molecule has 1 fully saturated rings. The van der Waals surface area contributed by atoms with Gasteiger partial charge in [0.25, 0.3) is 0 Å². The monoisotopic (exact) mass is 455 g/mol. The Kier molecular flexibility index (Phi) is 8.62. The smallest absolute Gasteiger partial charge is 0.481 e. The molecule has 2 aromatic rings. The van der Waals surface area contributed by atoms with Crippen molar-refractivity contribution in [3.63, 3.8) is 0 Å². The normalized spacial score (nSPS) is 18.0. The van der Waals surface area contributed by atoms with Gasteiger partial charge >= 0.3 is 12.1 Å². The third-order valence-corrected chi connectivity index (χ3v) is 4.68. The molecule has 0 saturated heterocycles. The Morgan fingerprint density at radius 3 is 2.44 bits per heavy atom. The average molecular weight is 455 g/mol. The van der Waals surface area contributed by atoms with E-state index in [1.165, 1.54) is 0 Å². The zero-order chi connectivity index (χ0) is 23.7. The molecular weight excluding hydrogens is 431 g/mol. The van der Waals surface area contributed by atoms with Crippen LogP contribution in [0.2, 0.25) is 0 Å². The Bertz CT molecular complexity index is 935. The van der Waals surface area contributed by atoms with Crippen molar-refractivity contribution in [2.24, 2.45) is 5.92 Å². The number of carboxylic acid groups (broad SMARTS) is 1. The van der Waals surface area contributed by atoms with Crippen LogP contribution in [0.15, 0.2) is 12.1 Å². The van der Waals surface area contributed by atoms with Crippen LogP contribution < -0.4 is 15.4 Å². The van der Waals surface area contributed by atoms with E-state index in [9.17, 15) is 13.2 Å². The van der Waals surface area contributed by atoms with Crippen LogP contribution >= 0.6 is 0 Å². The summed E-state index contributed by atoms with van der Waals surface area (Å²) in [5.74, 6) is 0.116. The molecule has 174 valence electrons. The number of anilines is 3. The summed E-state index contributed by atoms with van der Waals surface area (Å²) in [7, 11) is 1.59. The highest BCUT2D eigenvalue weighted by atomic mass is 19.4. The van der Waals surface area contributed by atoms with E-state index in [1.54, 1.807) is 13.2 Å². The van der Waals surface area contributed by atoms with Crippen molar-refractivity contribution in [2.45, 2.75) is 51.2 Å². The number of hydrogen-bond acceptors (Lipinski definition) is 8. The van der Waals surface area contributed by atoms with Gasteiger partial charge in [-0.1, -0.05) is 0 Å². The average Bonchev–Trinajstić information content (AvgIpc) is 3.13. The standard InChI is InChI=1S/C17H23N7O.C2HF3O2/c1-11-9-15(24-23-11)20-14-10-16(25-2)22-17(21-14)19-13-5-3-12(4-6-13)7-8-18;3-2(4,5)1(6)7/h9-10,12-13H,3-7H2,1-2H3,(H3,19,20,21,22,23,24);(H,6,7)/t12-,13-;. The summed E-state index contributed by atoms with van der Waals surface area (Å²) in [6.45, 7) is 1.94. The fourth-order valence-corrected chi connectivity index (χ4v) is 3.09. The SMILES string of the molecule is COc1cc(Nc2cc(C)[nH]n2)nc(N[C@H]2CC[C@H](CC#N)CC2)n1.O=C(O)C(F)(F)F. The first-order valence-electron chi connectivity index (χ1n) is 9.76. The first-order valence-corrected chi connectivity index (χ1v) is 9.76. The number of H-pyrrole nitrogens is 1. The van der Waals surface area contributed by atoms with Crippen LogP contribution in [0.4, 0.5) is 30.8 Å². The number of hydrogen-bond donors (Lipinski definition) is 4. The number of halogens is 3. The summed E-state index contributed by atoms with van der Waals surface area (Å²) in [6.07, 6.45) is -0.262. The first kappa shape index (κ1) is 24.7. The van der Waals surface area contributed by atoms with Crippen LogP contribution in [0.25, 0.3) is 0 Å². The molecule has 0 aromatic carbocycles. The summed E-state index contributed by atoms with van der Waals surface area (Å²) in [5, 5.41) is 29.5. The number of rotatable bonds is 6. The summed E-state index contributed by atoms with van der Waals surface area (Å²) < 4.78 is 37.0. The van der Waals surface area contributed by atoms with E-state index in [0.29, 0.717) is 41.8 Å². The molecule has 13 heteroatoms. The van der Waals surface area contributed by atoms with E-state index in [0.717, 1.165) is 31.4 Å². The lowest BCUT2D eigenvalue weighted by molar-refractivity contribution is -0.192. The number of alkyl halides is 3. The maximum atomic E-state index is 10.6. The number of carboxylic acids is 1. The number of carbonyl (C=O) groups is 1. The molecule has 0 aliphatic heterocycles. The van der Waals surface area contributed by atoms with E-state index in [1.807, 2.05) is 13.0 Å². The summed E-state index contributed by atoms with van der Waals surface area (Å²) in [4.78, 5) is 17.8. The molecule has 1 aliphatic rings. The van der Waals surface area contributed by atoms with Crippen molar-refractivity contribution < 1.29 is 27.8 Å². The molecule has 2 heterocycles. The largest absolute Gasteiger partial charge is 0.490 e. The van der Waals surface area contributed by atoms with Gasteiger partial charge in [-0.05, 0) is 38.5 Å². The maximum Gasteiger partial charge on any atom is 0.490 e. The second-order valence-corrected chi connectivity index (χ2v) is 7.21. The van der Waals surface area contributed by atoms with Crippen molar-refractivity contribution >= 4 is 23.6 Å². The molecule has 10 nitrogen and oxygen atoms in total. The Labute approximate surface area is 182 Å². The highest BCUT2D eigenvalue weighted by molar-refractivity contribution is 5.73. The zero-order valence-electron chi connectivity index (χ0n) is 17.5. The van der Waals surface area contributed by atoms with Gasteiger partial charge in [0.15, 0.2) is 5.82 Å². The van der Waals surface area contributed by atoms with Crippen LogP contribution in [-0.4, -0.2) is 50.6 Å². The van der Waals surface area contributed by atoms with E-state index in [2.05, 4.69) is 36.9 Å². The zero-order valence-corrected chi connectivity index (χ0v) is 17.5. The molecule has 1 aliphatic carbocycles. The van der Waals surface area contributed by atoms with Gasteiger partial charge in [-0.25, -0.2) is 4.79 Å². The third-order valence-electron chi connectivity index (χ3n) is 4.68. The molecule has 32 heavy (non-hydrogen) atoms. The van der Waals surface area contributed by atoms with Crippen molar-refractivity contribution in [3.8, 4) is 11.9 Å². The molecule has 0 bridgehead atoms. The van der Waals surface area contributed by atoms with Gasteiger partial charge in [-0.3, -0.25) is 5.10 Å². The van der Waals surface area contributed by atoms with Crippen LogP contribution in [0.3, 0.4) is 0 Å². The fraction of sp³-hybridized carbons (Fsp3) is 0.526. The molecule has 0 amide bonds. The molecule has 0 spiro atoms. The number of nitrogens with zero attached hydrogens (tertiary/aromatic N) is 4. The number of methoxy groups -OCH3 is 1. The molecule has 1 saturated carbocycles. The molecule has 4 N–H and O–H groups in total. The van der Waals surface area contributed by atoms with Crippen LogP contribution in [0, 0.1) is 24.2 Å². The van der Waals surface area contributed by atoms with Crippen LogP contribution in [0.5, 0.6) is 5.88 Å². The second kappa shape index (κ2) is 11.2. The molecule has 3 rings (SSSR count). The number of aromatic amines is 1. The van der Waals surface area contributed by atoms with Crippen LogP contribution in [0.1, 0.15) is 37.8 Å². The molecule has 0 radical (unpaired) electrons. The first-order chi connectivity index (χ1) is 15.1. The van der Waals surface area contributed by atoms with Gasteiger partial charge in [0.2, 0.25) is 11.8 Å². The van der Waals surface area contributed by atoms with E-state index < -0.39 is 12.1 Å². The quantitative estimate of drug-likeness (QED) is 0.510. The highest BCUT2D eigenvalue weighted by Gasteiger charge is 2.38. The predicted molar refractivity (Wildman–Crippen MR) is 108 cm³/mol. The minimum absolute atomic E-state index is 0.322. The van der Waals surface area contributed by atoms with Gasteiger partial charge in [0.1, 0.15) is 5.82 Å². The molecule has 2 aromatic heterocycles. The highest BCUT2D eigenvalue weighted by Crippen LogP contribution is 2.28. The second-order valence-electron chi connectivity index (χ2n) is 7.21. The fourth-order valence-electron chi connectivity index (χ4n) is 3.09. The third kappa shape index (κ3) is 7.93. The van der Waals surface area contributed by atoms with Crippen molar-refractivity contribution in [2.75, 3.05) is 17.7 Å². The van der Waals surface area contributed by atoms with Gasteiger partial charge in [-0.2, -0.15) is 33.5 Å². The molecular formula is C19H24F3N7O3. The number of nitrogens with one attached hydrogen (secondary N) is 3. The minimum Gasteiger partial charge on any atom is -0.481 e. The lowest BCUT2D eigenvalue weighted by Gasteiger charge is -2.27. The number of aryl methyl sites for hydroxylation is 1. The van der Waals surface area contributed by atoms with E-state index >= 15 is 0 Å². The van der Waals surface area contributed by atoms with Gasteiger partial charge in [-0.15, -0.1) is 0 Å². The Morgan fingerprint density at radius 1 is 1.28 bits per heavy atom. The number of ether oxygens (including phenoxy) is 1. The van der Waals surface area contributed by atoms with Gasteiger partial charge in [0, 0.05) is 30.3 Å². The Hall–Kier alpha value is -3.56. The summed E-state index contributed by atoms with van der Waals surface area (Å²) >= 11 is 0. The predicted octanol–water partition coefficient (Wildman–Crippen LogP) is 3.78. The number of aromatic nitrogens is 4. The minimum atomic E-state index is -5.08.